The third kappa shape index (κ3) is 12.5. The van der Waals surface area contributed by atoms with Crippen molar-refractivity contribution in [1.29, 1.82) is 0 Å². The van der Waals surface area contributed by atoms with Crippen molar-refractivity contribution < 1.29 is 54.4 Å². The Morgan fingerprint density at radius 1 is 0.815 bits per heavy atom. The molecule has 290 valence electrons. The van der Waals surface area contributed by atoms with Gasteiger partial charge >= 0.3 is 12.1 Å². The minimum absolute atomic E-state index is 0.0263. The van der Waals surface area contributed by atoms with Gasteiger partial charge in [0.05, 0.1) is 30.6 Å². The Balaban J connectivity index is 1.48. The lowest BCUT2D eigenvalue weighted by atomic mass is 9.97. The predicted molar refractivity (Wildman–Crippen MR) is 187 cm³/mol. The van der Waals surface area contributed by atoms with Crippen LogP contribution in [0.2, 0.25) is 0 Å². The van der Waals surface area contributed by atoms with Crippen LogP contribution in [0.25, 0.3) is 22.5 Å². The van der Waals surface area contributed by atoms with Gasteiger partial charge in [-0.15, -0.1) is 10.2 Å². The van der Waals surface area contributed by atoms with E-state index in [0.29, 0.717) is 30.4 Å². The van der Waals surface area contributed by atoms with E-state index in [2.05, 4.69) is 25.1 Å². The molecule has 4 aromatic rings. The standard InChI is InChI=1S/C36H45N7O11/c1-4-5-15-32(44)40(33(25(2)3)35(45)51-20-8-9-21-52-42(47)48)23-26-16-18-28(19-17-26)30-13-6-7-14-31(30)34-37-39-41(38-34)36(46)54-29-12-10-11-27(22-29)24-53-43(49)50/h6-7,10-14,16-19,22,25,33,47-50H,4-5,8-9,15,20-21,23-24H2,1-3H3/t33-/m0/s1. The second-order valence-electron chi connectivity index (χ2n) is 12.5. The first-order chi connectivity index (χ1) is 26.0. The molecule has 0 aliphatic carbocycles. The number of hydrogen-bond acceptors (Lipinski definition) is 16. The molecule has 0 spiro atoms. The lowest BCUT2D eigenvalue weighted by molar-refractivity contribution is -0.497. The van der Waals surface area contributed by atoms with E-state index in [0.717, 1.165) is 27.9 Å². The zero-order valence-corrected chi connectivity index (χ0v) is 30.2. The number of nitrogens with zero attached hydrogens (tertiary/aromatic N) is 7. The maximum absolute atomic E-state index is 13.5. The van der Waals surface area contributed by atoms with Gasteiger partial charge in [0.1, 0.15) is 11.8 Å². The Labute approximate surface area is 311 Å². The highest BCUT2D eigenvalue weighted by Crippen LogP contribution is 2.30. The topological polar surface area (TPSA) is 222 Å². The number of esters is 1. The Morgan fingerprint density at radius 2 is 1.52 bits per heavy atom. The molecule has 18 nitrogen and oxygen atoms in total. The highest BCUT2D eigenvalue weighted by Gasteiger charge is 2.33. The number of ether oxygens (including phenoxy) is 2. The van der Waals surface area contributed by atoms with Crippen LogP contribution in [0.15, 0.2) is 72.8 Å². The second-order valence-corrected chi connectivity index (χ2v) is 12.5. The number of carbonyl (C=O) groups is 3. The van der Waals surface area contributed by atoms with Crippen LogP contribution < -0.4 is 4.74 Å². The first kappa shape index (κ1) is 41.6. The number of amides is 1. The van der Waals surface area contributed by atoms with Crippen LogP contribution in [0.4, 0.5) is 4.79 Å². The van der Waals surface area contributed by atoms with Crippen molar-refractivity contribution in [1.82, 2.24) is 35.9 Å². The molecule has 0 fully saturated rings. The zero-order valence-electron chi connectivity index (χ0n) is 30.2. The molecular formula is C36H45N7O11. The number of unbranched alkanes of at least 4 members (excludes halogenated alkanes) is 2. The van der Waals surface area contributed by atoms with E-state index in [4.69, 9.17) is 30.3 Å². The van der Waals surface area contributed by atoms with Crippen LogP contribution in [0.1, 0.15) is 64.0 Å². The summed E-state index contributed by atoms with van der Waals surface area (Å²) in [6.45, 7) is 5.80. The Kier molecular flexibility index (Phi) is 16.1. The Hall–Kier alpha value is -5.18. The minimum atomic E-state index is -0.923. The summed E-state index contributed by atoms with van der Waals surface area (Å²) in [5.74, 6) is -0.598. The highest BCUT2D eigenvalue weighted by atomic mass is 17.1. The average molecular weight is 752 g/mol. The van der Waals surface area contributed by atoms with E-state index in [1.807, 2.05) is 57.2 Å². The van der Waals surface area contributed by atoms with Crippen molar-refractivity contribution in [2.75, 3.05) is 13.2 Å². The predicted octanol–water partition coefficient (Wildman–Crippen LogP) is 5.45. The van der Waals surface area contributed by atoms with Gasteiger partial charge in [0.15, 0.2) is 0 Å². The summed E-state index contributed by atoms with van der Waals surface area (Å²) in [5, 5.41) is 46.3. The molecule has 4 N–H and O–H groups in total. The fourth-order valence-corrected chi connectivity index (χ4v) is 5.47. The van der Waals surface area contributed by atoms with Gasteiger partial charge in [-0.1, -0.05) is 92.7 Å². The average Bonchev–Trinajstić information content (AvgIpc) is 3.65. The van der Waals surface area contributed by atoms with E-state index < -0.39 is 23.5 Å². The molecule has 0 aliphatic rings. The van der Waals surface area contributed by atoms with Gasteiger partial charge in [-0.25, -0.2) is 14.4 Å². The van der Waals surface area contributed by atoms with Crippen molar-refractivity contribution in [2.45, 2.75) is 72.1 Å². The fraction of sp³-hybridized carbons (Fsp3) is 0.389. The van der Waals surface area contributed by atoms with Crippen LogP contribution in [0, 0.1) is 5.92 Å². The number of tetrazole rings is 1. The molecule has 0 bridgehead atoms. The summed E-state index contributed by atoms with van der Waals surface area (Å²) >= 11 is 0. The fourth-order valence-electron chi connectivity index (χ4n) is 5.47. The van der Waals surface area contributed by atoms with Crippen LogP contribution in [-0.4, -0.2) is 93.9 Å². The van der Waals surface area contributed by atoms with Gasteiger partial charge in [-0.3, -0.25) is 30.5 Å². The third-order valence-corrected chi connectivity index (χ3v) is 8.08. The normalized spacial score (nSPS) is 12.0. The number of carbonyl (C=O) groups excluding carboxylic acids is 3. The SMILES string of the molecule is CCCCC(=O)N(Cc1ccc(-c2ccccc2-c2nnn(C(=O)Oc3cccc(CON(O)O)c3)n2)cc1)[C@H](C(=O)OCCCCON(O)O)C(C)C. The minimum Gasteiger partial charge on any atom is -0.464 e. The molecular weight excluding hydrogens is 706 g/mol. The van der Waals surface area contributed by atoms with E-state index in [9.17, 15) is 14.4 Å². The van der Waals surface area contributed by atoms with Crippen molar-refractivity contribution in [3.05, 3.63) is 83.9 Å². The molecule has 4 rings (SSSR count). The number of hydrogen-bond donors (Lipinski definition) is 4. The largest absolute Gasteiger partial charge is 0.464 e. The maximum atomic E-state index is 13.5. The molecule has 1 amide bonds. The molecule has 1 heterocycles. The molecule has 0 unspecified atom stereocenters. The van der Waals surface area contributed by atoms with Gasteiger partial charge in [-0.2, -0.15) is 0 Å². The summed E-state index contributed by atoms with van der Waals surface area (Å²) in [6, 6.07) is 20.2. The summed E-state index contributed by atoms with van der Waals surface area (Å²) < 4.78 is 10.9. The molecule has 1 aromatic heterocycles. The molecule has 3 aromatic carbocycles. The summed E-state index contributed by atoms with van der Waals surface area (Å²) in [7, 11) is 0. The third-order valence-electron chi connectivity index (χ3n) is 8.08. The van der Waals surface area contributed by atoms with Gasteiger partial charge < -0.3 is 14.4 Å². The lowest BCUT2D eigenvalue weighted by Gasteiger charge is -2.33. The van der Waals surface area contributed by atoms with E-state index in [1.165, 1.54) is 12.1 Å². The van der Waals surface area contributed by atoms with Crippen LogP contribution in [0.5, 0.6) is 5.75 Å². The Morgan fingerprint density at radius 3 is 2.20 bits per heavy atom. The molecule has 0 aliphatic heterocycles. The highest BCUT2D eigenvalue weighted by molar-refractivity contribution is 5.85. The smallest absolute Gasteiger partial charge is 0.459 e. The molecule has 0 saturated heterocycles. The lowest BCUT2D eigenvalue weighted by Crippen LogP contribution is -2.48. The van der Waals surface area contributed by atoms with E-state index >= 15 is 0 Å². The summed E-state index contributed by atoms with van der Waals surface area (Å²) in [4.78, 5) is 51.1. The van der Waals surface area contributed by atoms with Crippen molar-refractivity contribution in [3.63, 3.8) is 0 Å². The van der Waals surface area contributed by atoms with Crippen LogP contribution >= 0.6 is 0 Å². The van der Waals surface area contributed by atoms with Crippen molar-refractivity contribution in [2.24, 2.45) is 5.92 Å². The summed E-state index contributed by atoms with van der Waals surface area (Å²) in [5.41, 5.74) is 3.43. The molecule has 0 saturated carbocycles. The number of benzene rings is 3. The first-order valence-electron chi connectivity index (χ1n) is 17.3. The van der Waals surface area contributed by atoms with Crippen LogP contribution in [-0.2, 0) is 37.2 Å². The van der Waals surface area contributed by atoms with Crippen molar-refractivity contribution >= 4 is 18.0 Å². The first-order valence-corrected chi connectivity index (χ1v) is 17.3. The van der Waals surface area contributed by atoms with Crippen molar-refractivity contribution in [3.8, 4) is 28.3 Å². The summed E-state index contributed by atoms with van der Waals surface area (Å²) in [6.07, 6.45) is 1.69. The Bertz CT molecular complexity index is 1800. The second kappa shape index (κ2) is 20.9. The van der Waals surface area contributed by atoms with Gasteiger partial charge in [0.2, 0.25) is 11.7 Å². The van der Waals surface area contributed by atoms with Gasteiger partial charge in [0, 0.05) is 18.5 Å². The van der Waals surface area contributed by atoms with Gasteiger partial charge in [-0.05, 0) is 64.8 Å². The monoisotopic (exact) mass is 751 g/mol. The van der Waals surface area contributed by atoms with Crippen LogP contribution in [0.3, 0.4) is 0 Å². The van der Waals surface area contributed by atoms with E-state index in [-0.39, 0.29) is 61.6 Å². The molecule has 0 radical (unpaired) electrons. The number of aromatic nitrogens is 4. The molecule has 1 atom stereocenters. The number of rotatable bonds is 20. The van der Waals surface area contributed by atoms with Gasteiger partial charge in [0.25, 0.3) is 0 Å². The molecule has 18 heteroatoms. The maximum Gasteiger partial charge on any atom is 0.459 e. The zero-order chi connectivity index (χ0) is 39.0. The molecule has 54 heavy (non-hydrogen) atoms. The van der Waals surface area contributed by atoms with E-state index in [1.54, 1.807) is 29.2 Å². The quantitative estimate of drug-likeness (QED) is 0.0501.